The number of carbonyl (C=O) groups is 1. The first-order valence-electron chi connectivity index (χ1n) is 8.42. The van der Waals surface area contributed by atoms with Gasteiger partial charge in [-0.1, -0.05) is 28.1 Å². The van der Waals surface area contributed by atoms with Crippen molar-refractivity contribution in [2.24, 2.45) is 0 Å². The van der Waals surface area contributed by atoms with Gasteiger partial charge in [0.25, 0.3) is 0 Å². The zero-order chi connectivity index (χ0) is 20.3. The molecule has 3 aromatic rings. The molecule has 28 heavy (non-hydrogen) atoms. The molecule has 9 heteroatoms. The molecule has 0 aliphatic heterocycles. The number of amides is 1. The third-order valence-electron chi connectivity index (χ3n) is 3.99. The van der Waals surface area contributed by atoms with E-state index in [0.29, 0.717) is 12.1 Å². The fraction of sp³-hybridized carbons (Fsp3) is 0.158. The van der Waals surface area contributed by atoms with Crippen molar-refractivity contribution in [2.75, 3.05) is 12.0 Å². The second-order valence-corrected chi connectivity index (χ2v) is 9.01. The van der Waals surface area contributed by atoms with Crippen molar-refractivity contribution >= 4 is 37.5 Å². The average Bonchev–Trinajstić information content (AvgIpc) is 3.04. The maximum atomic E-state index is 11.9. The minimum atomic E-state index is -3.58. The van der Waals surface area contributed by atoms with Gasteiger partial charge in [-0.25, -0.2) is 13.1 Å². The van der Waals surface area contributed by atoms with E-state index in [4.69, 9.17) is 5.73 Å². The molecule has 0 atom stereocenters. The molecule has 146 valence electrons. The number of nitrogens with zero attached hydrogens (tertiary/aromatic N) is 2. The highest BCUT2D eigenvalue weighted by Crippen LogP contribution is 2.26. The van der Waals surface area contributed by atoms with Crippen molar-refractivity contribution in [3.05, 3.63) is 64.8 Å². The molecule has 0 saturated heterocycles. The molecule has 0 unspecified atom stereocenters. The van der Waals surface area contributed by atoms with Gasteiger partial charge < -0.3 is 5.73 Å². The Kier molecular flexibility index (Phi) is 5.85. The van der Waals surface area contributed by atoms with Crippen LogP contribution in [0.4, 0.5) is 5.69 Å². The fourth-order valence-electron chi connectivity index (χ4n) is 2.71. The third kappa shape index (κ3) is 5.20. The molecule has 2 aromatic carbocycles. The molecule has 0 aliphatic carbocycles. The van der Waals surface area contributed by atoms with E-state index in [-0.39, 0.29) is 6.42 Å². The van der Waals surface area contributed by atoms with Crippen molar-refractivity contribution < 1.29 is 13.2 Å². The van der Waals surface area contributed by atoms with Gasteiger partial charge in [-0.05, 0) is 48.4 Å². The van der Waals surface area contributed by atoms with Gasteiger partial charge in [-0.15, -0.1) is 0 Å². The van der Waals surface area contributed by atoms with Gasteiger partial charge in [0.15, 0.2) is 0 Å². The molecule has 0 bridgehead atoms. The predicted octanol–water partition coefficient (Wildman–Crippen LogP) is 2.89. The number of rotatable bonds is 6. The predicted molar refractivity (Wildman–Crippen MR) is 112 cm³/mol. The Morgan fingerprint density at radius 1 is 1.14 bits per heavy atom. The molecule has 0 aliphatic rings. The largest absolute Gasteiger partial charge is 0.399 e. The highest BCUT2D eigenvalue weighted by Gasteiger charge is 2.15. The summed E-state index contributed by atoms with van der Waals surface area (Å²) in [6, 6.07) is 15.0. The zero-order valence-corrected chi connectivity index (χ0v) is 17.5. The SMILES string of the molecule is CS(=O)(=O)NC(=O)CCc1cn(-c2ccc(Br)cc2)nc1-c1ccc(N)cc1. The molecular weight excluding hydrogens is 444 g/mol. The maximum Gasteiger partial charge on any atom is 0.233 e. The van der Waals surface area contributed by atoms with E-state index in [0.717, 1.165) is 33.2 Å². The molecule has 0 fully saturated rings. The first-order chi connectivity index (χ1) is 13.2. The van der Waals surface area contributed by atoms with Crippen LogP contribution in [0, 0.1) is 0 Å². The van der Waals surface area contributed by atoms with E-state index in [1.807, 2.05) is 47.3 Å². The lowest BCUT2D eigenvalue weighted by Crippen LogP contribution is -2.29. The van der Waals surface area contributed by atoms with Crippen LogP contribution in [0.3, 0.4) is 0 Å². The van der Waals surface area contributed by atoms with Gasteiger partial charge in [0.05, 0.1) is 17.6 Å². The third-order valence-corrected chi connectivity index (χ3v) is 5.11. The molecule has 7 nitrogen and oxygen atoms in total. The number of nitrogens with two attached hydrogens (primary N) is 1. The van der Waals surface area contributed by atoms with Crippen molar-refractivity contribution in [2.45, 2.75) is 12.8 Å². The smallest absolute Gasteiger partial charge is 0.233 e. The maximum absolute atomic E-state index is 11.9. The van der Waals surface area contributed by atoms with E-state index in [1.54, 1.807) is 16.8 Å². The monoisotopic (exact) mass is 462 g/mol. The van der Waals surface area contributed by atoms with Crippen LogP contribution in [-0.4, -0.2) is 30.4 Å². The molecule has 0 saturated carbocycles. The summed E-state index contributed by atoms with van der Waals surface area (Å²) >= 11 is 3.41. The number of sulfonamides is 1. The Bertz CT molecular complexity index is 1090. The lowest BCUT2D eigenvalue weighted by atomic mass is 10.0. The van der Waals surface area contributed by atoms with Crippen LogP contribution in [0.2, 0.25) is 0 Å². The van der Waals surface area contributed by atoms with Crippen LogP contribution in [0.1, 0.15) is 12.0 Å². The van der Waals surface area contributed by atoms with Gasteiger partial charge >= 0.3 is 0 Å². The Hall–Kier alpha value is -2.65. The van der Waals surface area contributed by atoms with Crippen LogP contribution >= 0.6 is 15.9 Å². The van der Waals surface area contributed by atoms with Crippen molar-refractivity contribution in [1.29, 1.82) is 0 Å². The van der Waals surface area contributed by atoms with Crippen LogP contribution in [0.15, 0.2) is 59.2 Å². The number of aromatic nitrogens is 2. The number of hydrogen-bond acceptors (Lipinski definition) is 5. The lowest BCUT2D eigenvalue weighted by molar-refractivity contribution is -0.119. The Morgan fingerprint density at radius 2 is 1.79 bits per heavy atom. The average molecular weight is 463 g/mol. The van der Waals surface area contributed by atoms with Gasteiger partial charge in [0, 0.05) is 28.3 Å². The lowest BCUT2D eigenvalue weighted by Gasteiger charge is -2.04. The molecule has 1 amide bonds. The number of aryl methyl sites for hydroxylation is 1. The fourth-order valence-corrected chi connectivity index (χ4v) is 3.49. The summed E-state index contributed by atoms with van der Waals surface area (Å²) in [5.41, 5.74) is 9.69. The number of carbonyl (C=O) groups excluding carboxylic acids is 1. The number of nitrogens with one attached hydrogen (secondary N) is 1. The van der Waals surface area contributed by atoms with Gasteiger partial charge in [0.1, 0.15) is 0 Å². The normalized spacial score (nSPS) is 11.4. The summed E-state index contributed by atoms with van der Waals surface area (Å²) in [6.07, 6.45) is 3.18. The van der Waals surface area contributed by atoms with Crippen molar-refractivity contribution in [3.8, 4) is 16.9 Å². The summed E-state index contributed by atoms with van der Waals surface area (Å²) in [7, 11) is -3.58. The van der Waals surface area contributed by atoms with E-state index in [9.17, 15) is 13.2 Å². The molecule has 3 rings (SSSR count). The van der Waals surface area contributed by atoms with Gasteiger partial charge in [-0.3, -0.25) is 9.52 Å². The van der Waals surface area contributed by atoms with Gasteiger partial charge in [0.2, 0.25) is 15.9 Å². The summed E-state index contributed by atoms with van der Waals surface area (Å²) in [5.74, 6) is -0.554. The Labute approximate surface area is 171 Å². The van der Waals surface area contributed by atoms with Crippen LogP contribution in [0.5, 0.6) is 0 Å². The molecular formula is C19H19BrN4O3S. The minimum absolute atomic E-state index is 0.0288. The number of hydrogen-bond donors (Lipinski definition) is 2. The number of anilines is 1. The summed E-state index contributed by atoms with van der Waals surface area (Å²) in [6.45, 7) is 0. The number of benzene rings is 2. The van der Waals surface area contributed by atoms with Crippen LogP contribution < -0.4 is 10.5 Å². The Balaban J connectivity index is 1.93. The molecule has 0 spiro atoms. The van der Waals surface area contributed by atoms with Crippen molar-refractivity contribution in [1.82, 2.24) is 14.5 Å². The molecule has 1 heterocycles. The minimum Gasteiger partial charge on any atom is -0.399 e. The van der Waals surface area contributed by atoms with Gasteiger partial charge in [-0.2, -0.15) is 5.10 Å². The van der Waals surface area contributed by atoms with E-state index < -0.39 is 15.9 Å². The second kappa shape index (κ2) is 8.15. The van der Waals surface area contributed by atoms with Crippen LogP contribution in [0.25, 0.3) is 16.9 Å². The first kappa shape index (κ1) is 20.1. The summed E-state index contributed by atoms with van der Waals surface area (Å²) in [5, 5.41) is 4.67. The zero-order valence-electron chi connectivity index (χ0n) is 15.1. The second-order valence-electron chi connectivity index (χ2n) is 6.34. The number of nitrogen functional groups attached to an aromatic ring is 1. The molecule has 1 aromatic heterocycles. The standard InChI is InChI=1S/C19H19BrN4O3S/c1-28(26,27)23-18(25)11-4-14-12-24(17-9-5-15(20)6-10-17)22-19(14)13-2-7-16(21)8-3-13/h2-3,5-10,12H,4,11,21H2,1H3,(H,23,25). The molecule has 0 radical (unpaired) electrons. The quantitative estimate of drug-likeness (QED) is 0.547. The number of halogens is 1. The van der Waals surface area contributed by atoms with Crippen molar-refractivity contribution in [3.63, 3.8) is 0 Å². The molecule has 3 N–H and O–H groups in total. The highest BCUT2D eigenvalue weighted by atomic mass is 79.9. The highest BCUT2D eigenvalue weighted by molar-refractivity contribution is 9.10. The van der Waals surface area contributed by atoms with Crippen LogP contribution in [-0.2, 0) is 21.2 Å². The van der Waals surface area contributed by atoms with E-state index >= 15 is 0 Å². The first-order valence-corrected chi connectivity index (χ1v) is 11.1. The summed E-state index contributed by atoms with van der Waals surface area (Å²) < 4.78 is 27.1. The van der Waals surface area contributed by atoms with E-state index in [2.05, 4.69) is 21.0 Å². The van der Waals surface area contributed by atoms with E-state index in [1.165, 1.54) is 0 Å². The topological polar surface area (TPSA) is 107 Å². The Morgan fingerprint density at radius 3 is 2.39 bits per heavy atom. The summed E-state index contributed by atoms with van der Waals surface area (Å²) in [4.78, 5) is 11.9.